The van der Waals surface area contributed by atoms with E-state index in [1.807, 2.05) is 92.8 Å². The molecule has 0 saturated carbocycles. The van der Waals surface area contributed by atoms with E-state index in [0.29, 0.717) is 128 Å². The monoisotopic (exact) mass is 1200 g/mol. The summed E-state index contributed by atoms with van der Waals surface area (Å²) in [5.41, 5.74) is 9.13. The van der Waals surface area contributed by atoms with Gasteiger partial charge in [-0.05, 0) is 157 Å². The number of carbonyl (C=O) groups excluding carboxylic acids is 4. The number of nitrogens with one attached hydrogen (secondary N) is 5. The van der Waals surface area contributed by atoms with Crippen molar-refractivity contribution < 1.29 is 46.3 Å². The van der Waals surface area contributed by atoms with Gasteiger partial charge < -0.3 is 54.4 Å². The molecule has 17 heteroatoms. The number of para-hydroxylation sites is 1. The zero-order valence-electron chi connectivity index (χ0n) is 51.3. The maximum Gasteiger partial charge on any atom is 0.255 e. The smallest absolute Gasteiger partial charge is 0.255 e. The topological polar surface area (TPSA) is 183 Å². The van der Waals surface area contributed by atoms with E-state index < -0.39 is 0 Å². The highest BCUT2D eigenvalue weighted by Crippen LogP contribution is 2.41. The van der Waals surface area contributed by atoms with Crippen LogP contribution in [0.1, 0.15) is 81.1 Å². The number of fused-ring (bicyclic) bond motifs is 3. The number of nitrogens with zero attached hydrogens (tertiary/aromatic N) is 2. The van der Waals surface area contributed by atoms with Crippen LogP contribution in [0, 0.1) is 23.5 Å². The van der Waals surface area contributed by atoms with Crippen molar-refractivity contribution in [2.24, 2.45) is 11.8 Å². The molecule has 1 saturated heterocycles. The summed E-state index contributed by atoms with van der Waals surface area (Å²) in [7, 11) is 5.27. The van der Waals surface area contributed by atoms with Gasteiger partial charge in [-0.3, -0.25) is 19.2 Å². The quantitative estimate of drug-likeness (QED) is 0.0434. The molecular formula is C72H75F2N7O8. The summed E-state index contributed by atoms with van der Waals surface area (Å²) in [6.45, 7) is 15.5. The Balaban J connectivity index is 0.000000196. The van der Waals surface area contributed by atoms with Gasteiger partial charge in [-0.15, -0.1) is 0 Å². The summed E-state index contributed by atoms with van der Waals surface area (Å²) >= 11 is 0. The molecule has 15 nitrogen and oxygen atoms in total. The standard InChI is InChI=1S/C37H34FN3O4.C35H41FN4O4/c1-22(2)20-41-36(42)25-11-14-32(44-17-16-26-21-40-31-7-5-4-6-28(26)31)29(19-25)24-10-15-33-30(18-24)34(37(43)39-3)35(45-33)23-8-12-27(38)13-9-23;1-23(2)22-38-34(41)26-9-12-30(43-19-5-14-40-17-15-39(4)16-18-40)28(21-26)25-8-13-31-29(20-25)32(35(42)37-3)33(44-31)24-6-10-27(36)11-7-24/h4-15,18-19,21-22,40H,16-17,20H2,1-3H3,(H,39,43)(H,41,42);6-13,20-21,23H,5,14-19,22H2,1-4H3,(H,37,42)(H,38,41). The van der Waals surface area contributed by atoms with Crippen LogP contribution < -0.4 is 30.7 Å². The van der Waals surface area contributed by atoms with Crippen LogP contribution in [-0.2, 0) is 6.42 Å². The molecule has 0 radical (unpaired) electrons. The van der Waals surface area contributed by atoms with E-state index in [9.17, 15) is 28.0 Å². The number of hydrogen-bond donors (Lipinski definition) is 5. The Labute approximate surface area is 516 Å². The van der Waals surface area contributed by atoms with Gasteiger partial charge in [0.2, 0.25) is 0 Å². The largest absolute Gasteiger partial charge is 0.493 e. The van der Waals surface area contributed by atoms with Gasteiger partial charge in [0.15, 0.2) is 0 Å². The number of rotatable bonds is 21. The molecule has 0 unspecified atom stereocenters. The van der Waals surface area contributed by atoms with Crippen LogP contribution in [0.3, 0.4) is 0 Å². The molecule has 0 aliphatic carbocycles. The Morgan fingerprint density at radius 2 is 1.02 bits per heavy atom. The fraction of sp³-hybridized carbons (Fsp3) is 0.278. The third-order valence-corrected chi connectivity index (χ3v) is 15.7. The van der Waals surface area contributed by atoms with Crippen molar-refractivity contribution >= 4 is 56.5 Å². The van der Waals surface area contributed by atoms with Crippen LogP contribution in [0.4, 0.5) is 8.78 Å². The minimum atomic E-state index is -0.381. The highest BCUT2D eigenvalue weighted by Gasteiger charge is 2.26. The molecule has 10 aromatic rings. The molecule has 89 heavy (non-hydrogen) atoms. The summed E-state index contributed by atoms with van der Waals surface area (Å²) < 4.78 is 52.3. The summed E-state index contributed by atoms with van der Waals surface area (Å²) in [6, 6.07) is 41.8. The summed E-state index contributed by atoms with van der Waals surface area (Å²) in [6.07, 6.45) is 3.56. The summed E-state index contributed by atoms with van der Waals surface area (Å²) in [5, 5.41) is 13.7. The molecule has 1 aliphatic heterocycles. The van der Waals surface area contributed by atoms with Crippen LogP contribution in [-0.4, -0.2) is 119 Å². The second kappa shape index (κ2) is 28.5. The van der Waals surface area contributed by atoms with Crippen LogP contribution in [0.25, 0.3) is 77.7 Å². The maximum absolute atomic E-state index is 13.7. The normalized spacial score (nSPS) is 12.8. The Bertz CT molecular complexity index is 4140. The predicted molar refractivity (Wildman–Crippen MR) is 347 cm³/mol. The first-order valence-electron chi connectivity index (χ1n) is 30.2. The van der Waals surface area contributed by atoms with Crippen LogP contribution in [0.15, 0.2) is 161 Å². The number of carbonyl (C=O) groups is 4. The van der Waals surface area contributed by atoms with Gasteiger partial charge in [0.25, 0.3) is 23.6 Å². The molecule has 1 fully saturated rings. The van der Waals surface area contributed by atoms with Crippen molar-refractivity contribution in [2.75, 3.05) is 80.2 Å². The Morgan fingerprint density at radius 1 is 0.551 bits per heavy atom. The van der Waals surface area contributed by atoms with Crippen molar-refractivity contribution in [1.82, 2.24) is 36.1 Å². The molecule has 11 rings (SSSR count). The van der Waals surface area contributed by atoms with E-state index in [4.69, 9.17) is 18.3 Å². The minimum absolute atomic E-state index is 0.157. The molecule has 4 amide bonds. The number of ether oxygens (including phenoxy) is 2. The van der Waals surface area contributed by atoms with Crippen molar-refractivity contribution in [1.29, 1.82) is 0 Å². The van der Waals surface area contributed by atoms with E-state index in [1.54, 1.807) is 56.6 Å². The fourth-order valence-electron chi connectivity index (χ4n) is 10.8. The Morgan fingerprint density at radius 3 is 1.51 bits per heavy atom. The average Bonchev–Trinajstić information content (AvgIpc) is 1.68. The summed E-state index contributed by atoms with van der Waals surface area (Å²) in [4.78, 5) is 60.5. The second-order valence-corrected chi connectivity index (χ2v) is 23.1. The number of aromatic amines is 1. The van der Waals surface area contributed by atoms with Gasteiger partial charge in [-0.1, -0.05) is 58.0 Å². The minimum Gasteiger partial charge on any atom is -0.493 e. The van der Waals surface area contributed by atoms with E-state index in [-0.39, 0.29) is 35.3 Å². The zero-order chi connectivity index (χ0) is 62.7. The number of piperazine rings is 1. The van der Waals surface area contributed by atoms with Gasteiger partial charge in [0, 0.05) is 128 Å². The zero-order valence-corrected chi connectivity index (χ0v) is 51.3. The average molecular weight is 1200 g/mol. The lowest BCUT2D eigenvalue weighted by atomic mass is 9.98. The molecule has 1 aliphatic rings. The van der Waals surface area contributed by atoms with E-state index >= 15 is 0 Å². The fourth-order valence-corrected chi connectivity index (χ4v) is 10.8. The predicted octanol–water partition coefficient (Wildman–Crippen LogP) is 13.4. The highest BCUT2D eigenvalue weighted by atomic mass is 19.1. The van der Waals surface area contributed by atoms with Crippen molar-refractivity contribution in [2.45, 2.75) is 40.5 Å². The summed E-state index contributed by atoms with van der Waals surface area (Å²) in [5.74, 6) is 0.868. The molecule has 0 bridgehead atoms. The number of benzene rings is 7. The SMILES string of the molecule is CNC(=O)c1c(-c2ccc(F)cc2)oc2ccc(-c3cc(C(=O)NCC(C)C)ccc3OCCCN3CCN(C)CC3)cc12.CNC(=O)c1c(-c2ccc(F)cc2)oc2ccc(-c3cc(C(=O)NCC(C)C)ccc3OCCc3c[nH]c4ccccc34)cc12. The lowest BCUT2D eigenvalue weighted by Crippen LogP contribution is -2.44. The Kier molecular flexibility index (Phi) is 20.0. The number of hydrogen-bond acceptors (Lipinski definition) is 10. The molecular weight excluding hydrogens is 1130 g/mol. The molecule has 4 heterocycles. The van der Waals surface area contributed by atoms with Crippen molar-refractivity contribution in [3.8, 4) is 56.4 Å². The first-order valence-corrected chi connectivity index (χ1v) is 30.2. The molecule has 3 aromatic heterocycles. The molecule has 5 N–H and O–H groups in total. The number of aromatic nitrogens is 1. The Hall–Kier alpha value is -9.58. The number of furan rings is 2. The van der Waals surface area contributed by atoms with E-state index in [2.05, 4.69) is 63.0 Å². The third kappa shape index (κ3) is 14.9. The highest BCUT2D eigenvalue weighted by molar-refractivity contribution is 6.13. The molecule has 0 spiro atoms. The lowest BCUT2D eigenvalue weighted by Gasteiger charge is -2.32. The second-order valence-electron chi connectivity index (χ2n) is 23.1. The number of amides is 4. The van der Waals surface area contributed by atoms with Gasteiger partial charge in [-0.2, -0.15) is 0 Å². The van der Waals surface area contributed by atoms with Crippen molar-refractivity contribution in [3.63, 3.8) is 0 Å². The first kappa shape index (κ1) is 62.5. The maximum atomic E-state index is 13.7. The van der Waals surface area contributed by atoms with Gasteiger partial charge in [0.1, 0.15) is 45.8 Å². The molecule has 460 valence electrons. The number of halogens is 2. The number of likely N-dealkylation sites (N-methyl/N-ethyl adjacent to an activating group) is 1. The van der Waals surface area contributed by atoms with E-state index in [0.717, 1.165) is 72.3 Å². The first-order chi connectivity index (χ1) is 43.0. The van der Waals surface area contributed by atoms with Crippen molar-refractivity contribution in [3.05, 3.63) is 191 Å². The van der Waals surface area contributed by atoms with E-state index in [1.165, 1.54) is 24.3 Å². The van der Waals surface area contributed by atoms with Gasteiger partial charge in [-0.25, -0.2) is 8.78 Å². The number of H-pyrrole nitrogens is 1. The van der Waals surface area contributed by atoms with Gasteiger partial charge in [0.05, 0.1) is 24.3 Å². The van der Waals surface area contributed by atoms with Crippen LogP contribution in [0.2, 0.25) is 0 Å². The lowest BCUT2D eigenvalue weighted by molar-refractivity contribution is 0.0941. The molecule has 7 aromatic carbocycles. The van der Waals surface area contributed by atoms with Crippen LogP contribution in [0.5, 0.6) is 11.5 Å². The van der Waals surface area contributed by atoms with Gasteiger partial charge >= 0.3 is 0 Å². The third-order valence-electron chi connectivity index (χ3n) is 15.7. The van der Waals surface area contributed by atoms with Crippen LogP contribution >= 0.6 is 0 Å². The molecule has 0 atom stereocenters.